The van der Waals surface area contributed by atoms with E-state index in [1.807, 2.05) is 11.6 Å². The average Bonchev–Trinajstić information content (AvgIpc) is 2.73. The van der Waals surface area contributed by atoms with E-state index in [1.54, 1.807) is 0 Å². The highest BCUT2D eigenvalue weighted by molar-refractivity contribution is 5.00. The molecule has 2 bridgehead atoms. The van der Waals surface area contributed by atoms with Gasteiger partial charge in [0.25, 0.3) is 0 Å². The smallest absolute Gasteiger partial charge is 0.148 e. The van der Waals surface area contributed by atoms with Crippen LogP contribution in [-0.2, 0) is 5.54 Å². The maximum atomic E-state index is 4.14. The monoisotopic (exact) mass is 193 g/mol. The molecule has 0 radical (unpaired) electrons. The third kappa shape index (κ3) is 1.02. The van der Waals surface area contributed by atoms with Gasteiger partial charge in [0, 0.05) is 13.1 Å². The van der Waals surface area contributed by atoms with Crippen molar-refractivity contribution in [1.82, 2.24) is 25.1 Å². The third-order valence-corrected chi connectivity index (χ3v) is 3.60. The average molecular weight is 193 g/mol. The van der Waals surface area contributed by atoms with Crippen LogP contribution in [0.15, 0.2) is 0 Å². The highest BCUT2D eigenvalue weighted by atomic mass is 15.6. The Labute approximate surface area is 83.1 Å². The van der Waals surface area contributed by atoms with Crippen LogP contribution in [0.4, 0.5) is 0 Å². The molecule has 0 aromatic carbocycles. The maximum Gasteiger partial charge on any atom is 0.148 e. The molecule has 0 aliphatic carbocycles. The number of aromatic nitrogens is 4. The SMILES string of the molecule is Cc1nnnn1C12CCCN(CC1)C2. The van der Waals surface area contributed by atoms with Crippen molar-refractivity contribution < 1.29 is 0 Å². The van der Waals surface area contributed by atoms with Crippen LogP contribution >= 0.6 is 0 Å². The molecule has 1 aromatic heterocycles. The maximum absolute atomic E-state index is 4.14. The first-order valence-electron chi connectivity index (χ1n) is 5.28. The second-order valence-corrected chi connectivity index (χ2v) is 4.49. The third-order valence-electron chi connectivity index (χ3n) is 3.60. The van der Waals surface area contributed by atoms with Gasteiger partial charge in [-0.15, -0.1) is 5.10 Å². The van der Waals surface area contributed by atoms with Gasteiger partial charge in [0.2, 0.25) is 0 Å². The number of hydrogen-bond acceptors (Lipinski definition) is 4. The molecule has 2 aliphatic heterocycles. The molecule has 0 amide bonds. The number of rotatable bonds is 1. The summed E-state index contributed by atoms with van der Waals surface area (Å²) in [4.78, 5) is 2.52. The zero-order chi connectivity index (χ0) is 9.60. The summed E-state index contributed by atoms with van der Waals surface area (Å²) in [6, 6.07) is 0. The molecule has 2 fully saturated rings. The van der Waals surface area contributed by atoms with Crippen molar-refractivity contribution in [3.05, 3.63) is 5.82 Å². The molecular formula is C9H15N5. The summed E-state index contributed by atoms with van der Waals surface area (Å²) in [5, 5.41) is 11.9. The Morgan fingerprint density at radius 3 is 3.00 bits per heavy atom. The van der Waals surface area contributed by atoms with Crippen LogP contribution in [0.1, 0.15) is 25.1 Å². The first-order valence-corrected chi connectivity index (χ1v) is 5.28. The number of hydrogen-bond donors (Lipinski definition) is 0. The molecule has 0 N–H and O–H groups in total. The summed E-state index contributed by atoms with van der Waals surface area (Å²) in [5.41, 5.74) is 0.214. The molecule has 2 atom stereocenters. The van der Waals surface area contributed by atoms with Crippen molar-refractivity contribution in [1.29, 1.82) is 0 Å². The minimum Gasteiger partial charge on any atom is -0.301 e. The Morgan fingerprint density at radius 2 is 2.21 bits per heavy atom. The first kappa shape index (κ1) is 8.35. The van der Waals surface area contributed by atoms with Crippen molar-refractivity contribution in [2.45, 2.75) is 31.7 Å². The Morgan fingerprint density at radius 1 is 1.29 bits per heavy atom. The fourth-order valence-electron chi connectivity index (χ4n) is 2.92. The van der Waals surface area contributed by atoms with E-state index in [0.29, 0.717) is 0 Å². The van der Waals surface area contributed by atoms with E-state index in [-0.39, 0.29) is 5.54 Å². The minimum absolute atomic E-state index is 0.214. The number of aryl methyl sites for hydroxylation is 1. The molecule has 0 saturated carbocycles. The Kier molecular flexibility index (Phi) is 1.65. The summed E-state index contributed by atoms with van der Waals surface area (Å²) in [6.07, 6.45) is 3.72. The van der Waals surface area contributed by atoms with Crippen molar-refractivity contribution in [2.24, 2.45) is 0 Å². The molecular weight excluding hydrogens is 178 g/mol. The zero-order valence-corrected chi connectivity index (χ0v) is 8.48. The molecule has 76 valence electrons. The van der Waals surface area contributed by atoms with Crippen molar-refractivity contribution >= 4 is 0 Å². The van der Waals surface area contributed by atoms with Gasteiger partial charge in [-0.1, -0.05) is 0 Å². The lowest BCUT2D eigenvalue weighted by Gasteiger charge is -2.33. The molecule has 2 unspecified atom stereocenters. The zero-order valence-electron chi connectivity index (χ0n) is 8.48. The van der Waals surface area contributed by atoms with Crippen LogP contribution in [0.5, 0.6) is 0 Å². The van der Waals surface area contributed by atoms with Gasteiger partial charge in [-0.25, -0.2) is 4.68 Å². The van der Waals surface area contributed by atoms with Gasteiger partial charge in [0.05, 0.1) is 5.54 Å². The van der Waals surface area contributed by atoms with Gasteiger partial charge in [-0.05, 0) is 43.2 Å². The van der Waals surface area contributed by atoms with E-state index >= 15 is 0 Å². The standard InChI is InChI=1S/C9H15N5/c1-8-10-11-12-14(8)9-3-2-5-13(7-9)6-4-9/h2-7H2,1H3. The molecule has 0 spiro atoms. The van der Waals surface area contributed by atoms with E-state index < -0.39 is 0 Å². The summed E-state index contributed by atoms with van der Waals surface area (Å²) in [7, 11) is 0. The summed E-state index contributed by atoms with van der Waals surface area (Å²) < 4.78 is 2.05. The predicted octanol–water partition coefficient (Wildman–Crippen LogP) is 0.176. The highest BCUT2D eigenvalue weighted by Gasteiger charge is 2.44. The van der Waals surface area contributed by atoms with E-state index in [9.17, 15) is 0 Å². The van der Waals surface area contributed by atoms with Crippen LogP contribution in [0.3, 0.4) is 0 Å². The van der Waals surface area contributed by atoms with Crippen LogP contribution in [-0.4, -0.2) is 44.7 Å². The molecule has 5 heteroatoms. The van der Waals surface area contributed by atoms with Gasteiger partial charge >= 0.3 is 0 Å². The molecule has 14 heavy (non-hydrogen) atoms. The van der Waals surface area contributed by atoms with E-state index in [0.717, 1.165) is 12.4 Å². The fraction of sp³-hybridized carbons (Fsp3) is 0.889. The number of nitrogens with zero attached hydrogens (tertiary/aromatic N) is 5. The second-order valence-electron chi connectivity index (χ2n) is 4.49. The summed E-state index contributed by atoms with van der Waals surface area (Å²) in [5.74, 6) is 0.953. The van der Waals surface area contributed by atoms with Gasteiger partial charge < -0.3 is 4.90 Å². The first-order chi connectivity index (χ1) is 6.80. The lowest BCUT2D eigenvalue weighted by molar-refractivity contribution is 0.166. The normalized spacial score (nSPS) is 36.2. The Hall–Kier alpha value is -0.970. The van der Waals surface area contributed by atoms with E-state index in [1.165, 1.54) is 32.4 Å². The van der Waals surface area contributed by atoms with Crippen LogP contribution < -0.4 is 0 Å². The van der Waals surface area contributed by atoms with Crippen molar-refractivity contribution in [3.63, 3.8) is 0 Å². The van der Waals surface area contributed by atoms with E-state index in [4.69, 9.17) is 0 Å². The lowest BCUT2D eigenvalue weighted by Crippen LogP contribution is -2.42. The predicted molar refractivity (Wildman–Crippen MR) is 50.8 cm³/mol. The van der Waals surface area contributed by atoms with Crippen LogP contribution in [0.25, 0.3) is 0 Å². The van der Waals surface area contributed by atoms with Gasteiger partial charge in [-0.3, -0.25) is 0 Å². The van der Waals surface area contributed by atoms with Crippen LogP contribution in [0.2, 0.25) is 0 Å². The number of piperidine rings is 1. The van der Waals surface area contributed by atoms with E-state index in [2.05, 4.69) is 20.4 Å². The van der Waals surface area contributed by atoms with Gasteiger partial charge in [-0.2, -0.15) is 0 Å². The lowest BCUT2D eigenvalue weighted by atomic mass is 9.91. The van der Waals surface area contributed by atoms with Gasteiger partial charge in [0.1, 0.15) is 5.82 Å². The topological polar surface area (TPSA) is 46.8 Å². The molecule has 2 aliphatic rings. The molecule has 5 nitrogen and oxygen atoms in total. The largest absolute Gasteiger partial charge is 0.301 e. The summed E-state index contributed by atoms with van der Waals surface area (Å²) in [6.45, 7) is 5.59. The number of tetrazole rings is 1. The highest BCUT2D eigenvalue weighted by Crippen LogP contribution is 2.37. The Balaban J connectivity index is 2.00. The summed E-state index contributed by atoms with van der Waals surface area (Å²) >= 11 is 0. The molecule has 3 heterocycles. The van der Waals surface area contributed by atoms with Crippen molar-refractivity contribution in [2.75, 3.05) is 19.6 Å². The fourth-order valence-corrected chi connectivity index (χ4v) is 2.92. The quantitative estimate of drug-likeness (QED) is 0.638. The molecule has 1 aromatic rings. The van der Waals surface area contributed by atoms with Crippen molar-refractivity contribution in [3.8, 4) is 0 Å². The Bertz CT molecular complexity index is 343. The molecule has 2 saturated heterocycles. The minimum atomic E-state index is 0.214. The second kappa shape index (κ2) is 2.76. The molecule has 3 rings (SSSR count). The number of fused-ring (bicyclic) bond motifs is 2. The van der Waals surface area contributed by atoms with Gasteiger partial charge in [0.15, 0.2) is 0 Å². The van der Waals surface area contributed by atoms with Crippen LogP contribution in [0, 0.1) is 6.92 Å².